The smallest absolute Gasteiger partial charge is 0.00443 e. The molecule has 0 heterocycles. The summed E-state index contributed by atoms with van der Waals surface area (Å²) in [6.45, 7) is 0. The number of hydrogen-bond acceptors (Lipinski definition) is 0. The lowest BCUT2D eigenvalue weighted by Gasteiger charge is -1.91. The zero-order valence-corrected chi connectivity index (χ0v) is 8.73. The fourth-order valence-electron chi connectivity index (χ4n) is 1.32. The van der Waals surface area contributed by atoms with Crippen molar-refractivity contribution in [1.29, 1.82) is 0 Å². The van der Waals surface area contributed by atoms with Crippen molar-refractivity contribution >= 4 is 0 Å². The van der Waals surface area contributed by atoms with Gasteiger partial charge in [0.2, 0.25) is 0 Å². The van der Waals surface area contributed by atoms with Gasteiger partial charge in [-0.25, -0.2) is 0 Å². The SMILES string of the molecule is [CH]1C=CCC=CCCCC=CCC=C1. The molecule has 1 radical (unpaired) electrons. The molecule has 0 aromatic carbocycles. The molecular weight excluding hydrogens is 168 g/mol. The molecule has 0 spiro atoms. The summed E-state index contributed by atoms with van der Waals surface area (Å²) in [5.41, 5.74) is 0. The van der Waals surface area contributed by atoms with Crippen LogP contribution in [0.4, 0.5) is 0 Å². The molecule has 0 saturated heterocycles. The van der Waals surface area contributed by atoms with Gasteiger partial charge in [0.1, 0.15) is 0 Å². The molecule has 0 fully saturated rings. The van der Waals surface area contributed by atoms with Gasteiger partial charge < -0.3 is 0 Å². The Morgan fingerprint density at radius 1 is 0.571 bits per heavy atom. The largest absolute Gasteiger partial charge is 0.0882 e. The van der Waals surface area contributed by atoms with Crippen LogP contribution in [0.2, 0.25) is 0 Å². The van der Waals surface area contributed by atoms with Crippen molar-refractivity contribution in [3.63, 3.8) is 0 Å². The van der Waals surface area contributed by atoms with Crippen LogP contribution in [0.15, 0.2) is 48.6 Å². The molecule has 0 atom stereocenters. The van der Waals surface area contributed by atoms with Crippen molar-refractivity contribution < 1.29 is 0 Å². The molecule has 0 saturated carbocycles. The maximum absolute atomic E-state index is 2.28. The summed E-state index contributed by atoms with van der Waals surface area (Å²) in [4.78, 5) is 0. The Morgan fingerprint density at radius 2 is 1.14 bits per heavy atom. The second kappa shape index (κ2) is 8.55. The van der Waals surface area contributed by atoms with Gasteiger partial charge in [-0.1, -0.05) is 48.6 Å². The van der Waals surface area contributed by atoms with Gasteiger partial charge in [-0.05, 0) is 32.1 Å². The minimum Gasteiger partial charge on any atom is -0.0882 e. The van der Waals surface area contributed by atoms with E-state index >= 15 is 0 Å². The van der Waals surface area contributed by atoms with Gasteiger partial charge in [-0.3, -0.25) is 0 Å². The molecule has 14 heavy (non-hydrogen) atoms. The lowest BCUT2D eigenvalue weighted by atomic mass is 10.2. The van der Waals surface area contributed by atoms with Crippen LogP contribution in [-0.2, 0) is 0 Å². The molecule has 0 unspecified atom stereocenters. The minimum absolute atomic E-state index is 1.06. The zero-order valence-electron chi connectivity index (χ0n) is 8.73. The molecule has 1 rings (SSSR count). The lowest BCUT2D eigenvalue weighted by molar-refractivity contribution is 0.864. The van der Waals surface area contributed by atoms with Crippen LogP contribution < -0.4 is 0 Å². The highest BCUT2D eigenvalue weighted by Gasteiger charge is 1.81. The zero-order chi connectivity index (χ0) is 9.90. The van der Waals surface area contributed by atoms with E-state index in [1.54, 1.807) is 0 Å². The average molecular weight is 187 g/mol. The molecule has 0 heteroatoms. The summed E-state index contributed by atoms with van der Waals surface area (Å²) < 4.78 is 0. The third-order valence-corrected chi connectivity index (χ3v) is 2.11. The standard InChI is InChI=1S/C14H19/c1-2-4-6-8-10-12-14-13-11-9-7-5-3-1/h1-5,8-11H,6-7,12-14H2. The van der Waals surface area contributed by atoms with Crippen LogP contribution in [0.5, 0.6) is 0 Å². The second-order valence-electron chi connectivity index (χ2n) is 3.39. The first-order chi connectivity index (χ1) is 7.00. The monoisotopic (exact) mass is 187 g/mol. The van der Waals surface area contributed by atoms with Crippen molar-refractivity contribution in [2.45, 2.75) is 32.1 Å². The molecule has 0 aliphatic heterocycles. The molecule has 0 N–H and O–H groups in total. The molecular formula is C14H19. The fraction of sp³-hybridized carbons (Fsp3) is 0.357. The Labute approximate surface area is 87.7 Å². The molecule has 1 aliphatic rings. The molecule has 0 aromatic heterocycles. The highest BCUT2D eigenvalue weighted by molar-refractivity contribution is 5.10. The van der Waals surface area contributed by atoms with Gasteiger partial charge >= 0.3 is 0 Å². The van der Waals surface area contributed by atoms with Gasteiger partial charge in [0.05, 0.1) is 0 Å². The van der Waals surface area contributed by atoms with E-state index in [-0.39, 0.29) is 0 Å². The Balaban J connectivity index is 2.34. The summed E-state index contributed by atoms with van der Waals surface area (Å²) in [6, 6.07) is 0. The summed E-state index contributed by atoms with van der Waals surface area (Å²) >= 11 is 0. The van der Waals surface area contributed by atoms with E-state index in [4.69, 9.17) is 0 Å². The molecule has 0 bridgehead atoms. The van der Waals surface area contributed by atoms with Crippen molar-refractivity contribution in [2.24, 2.45) is 0 Å². The van der Waals surface area contributed by atoms with Crippen LogP contribution in [0, 0.1) is 6.42 Å². The molecule has 1 aliphatic carbocycles. The third kappa shape index (κ3) is 6.47. The number of allylic oxidation sites excluding steroid dienone is 8. The van der Waals surface area contributed by atoms with Crippen LogP contribution in [0.1, 0.15) is 32.1 Å². The van der Waals surface area contributed by atoms with Crippen molar-refractivity contribution in [3.05, 3.63) is 55.0 Å². The summed E-state index contributed by atoms with van der Waals surface area (Å²) in [5, 5.41) is 0. The number of rotatable bonds is 0. The van der Waals surface area contributed by atoms with E-state index in [1.165, 1.54) is 19.3 Å². The predicted molar refractivity (Wildman–Crippen MR) is 63.9 cm³/mol. The van der Waals surface area contributed by atoms with Gasteiger partial charge in [-0.2, -0.15) is 0 Å². The first-order valence-corrected chi connectivity index (χ1v) is 5.45. The Bertz CT molecular complexity index is 204. The first kappa shape index (κ1) is 11.0. The van der Waals surface area contributed by atoms with Crippen molar-refractivity contribution in [2.75, 3.05) is 0 Å². The van der Waals surface area contributed by atoms with Gasteiger partial charge in [-0.15, -0.1) is 0 Å². The van der Waals surface area contributed by atoms with E-state index < -0.39 is 0 Å². The minimum atomic E-state index is 1.06. The average Bonchev–Trinajstić information content (AvgIpc) is 2.22. The molecule has 0 nitrogen and oxygen atoms in total. The van der Waals surface area contributed by atoms with Crippen molar-refractivity contribution in [1.82, 2.24) is 0 Å². The predicted octanol–water partition coefficient (Wildman–Crippen LogP) is 4.38. The van der Waals surface area contributed by atoms with E-state index in [1.807, 2.05) is 0 Å². The fourth-order valence-corrected chi connectivity index (χ4v) is 1.32. The quantitative estimate of drug-likeness (QED) is 0.494. The summed E-state index contributed by atoms with van der Waals surface area (Å²) in [6.07, 6.45) is 25.5. The number of hydrogen-bond donors (Lipinski definition) is 0. The molecule has 0 aromatic rings. The molecule has 0 amide bonds. The van der Waals surface area contributed by atoms with Gasteiger partial charge in [0.15, 0.2) is 0 Å². The van der Waals surface area contributed by atoms with E-state index in [0.29, 0.717) is 0 Å². The van der Waals surface area contributed by atoms with Crippen LogP contribution in [0.3, 0.4) is 0 Å². The Kier molecular flexibility index (Phi) is 6.74. The maximum atomic E-state index is 2.28. The van der Waals surface area contributed by atoms with Gasteiger partial charge in [0, 0.05) is 6.42 Å². The van der Waals surface area contributed by atoms with Crippen molar-refractivity contribution in [3.8, 4) is 0 Å². The topological polar surface area (TPSA) is 0 Å². The van der Waals surface area contributed by atoms with Crippen LogP contribution in [-0.4, -0.2) is 0 Å². The Morgan fingerprint density at radius 3 is 1.71 bits per heavy atom. The highest BCUT2D eigenvalue weighted by atomic mass is 13.9. The second-order valence-corrected chi connectivity index (χ2v) is 3.39. The van der Waals surface area contributed by atoms with Crippen LogP contribution in [0.25, 0.3) is 0 Å². The lowest BCUT2D eigenvalue weighted by Crippen LogP contribution is -1.71. The van der Waals surface area contributed by atoms with Crippen LogP contribution >= 0.6 is 0 Å². The van der Waals surface area contributed by atoms with E-state index in [0.717, 1.165) is 12.8 Å². The summed E-state index contributed by atoms with van der Waals surface area (Å²) in [5.74, 6) is 0. The maximum Gasteiger partial charge on any atom is 0.00443 e. The highest BCUT2D eigenvalue weighted by Crippen LogP contribution is 2.01. The normalized spacial score (nSPS) is 19.4. The Hall–Kier alpha value is -1.04. The summed E-state index contributed by atoms with van der Waals surface area (Å²) in [7, 11) is 0. The van der Waals surface area contributed by atoms with E-state index in [2.05, 4.69) is 55.0 Å². The van der Waals surface area contributed by atoms with E-state index in [9.17, 15) is 0 Å². The molecule has 75 valence electrons. The van der Waals surface area contributed by atoms with Gasteiger partial charge in [0.25, 0.3) is 0 Å². The third-order valence-electron chi connectivity index (χ3n) is 2.11. The first-order valence-electron chi connectivity index (χ1n) is 5.45.